The zero-order valence-electron chi connectivity index (χ0n) is 11.5. The van der Waals surface area contributed by atoms with Crippen LogP contribution >= 0.6 is 0 Å². The molecule has 3 heteroatoms. The molecule has 1 aromatic carbocycles. The van der Waals surface area contributed by atoms with Gasteiger partial charge in [-0.25, -0.2) is 0 Å². The Balaban J connectivity index is 2.08. The van der Waals surface area contributed by atoms with Crippen LogP contribution in [0.1, 0.15) is 29.9 Å². The van der Waals surface area contributed by atoms with E-state index in [1.165, 1.54) is 37.1 Å². The van der Waals surface area contributed by atoms with E-state index in [2.05, 4.69) is 30.0 Å². The van der Waals surface area contributed by atoms with Crippen LogP contribution in [0.5, 0.6) is 5.75 Å². The zero-order valence-corrected chi connectivity index (χ0v) is 11.5. The maximum atomic E-state index is 5.95. The molecular weight excluding hydrogens is 224 g/mol. The number of rotatable bonds is 5. The average Bonchev–Trinajstić information content (AvgIpc) is 2.88. The predicted octanol–water partition coefficient (Wildman–Crippen LogP) is 2.14. The average molecular weight is 248 g/mol. The van der Waals surface area contributed by atoms with Gasteiger partial charge in [-0.1, -0.05) is 12.1 Å². The first-order valence-electron chi connectivity index (χ1n) is 6.81. The number of benzene rings is 1. The van der Waals surface area contributed by atoms with E-state index in [-0.39, 0.29) is 0 Å². The van der Waals surface area contributed by atoms with Gasteiger partial charge in [0.2, 0.25) is 0 Å². The zero-order chi connectivity index (χ0) is 13.0. The van der Waals surface area contributed by atoms with Crippen molar-refractivity contribution >= 4 is 0 Å². The molecule has 1 saturated heterocycles. The van der Waals surface area contributed by atoms with Crippen LogP contribution < -0.4 is 10.5 Å². The second kappa shape index (κ2) is 6.21. The minimum Gasteiger partial charge on any atom is -0.496 e. The molecule has 1 unspecified atom stereocenters. The summed E-state index contributed by atoms with van der Waals surface area (Å²) in [5, 5.41) is 0. The van der Waals surface area contributed by atoms with Gasteiger partial charge in [0.05, 0.1) is 7.11 Å². The van der Waals surface area contributed by atoms with Gasteiger partial charge in [-0.05, 0) is 50.0 Å². The van der Waals surface area contributed by atoms with E-state index in [1.54, 1.807) is 7.11 Å². The molecule has 0 bridgehead atoms. The van der Waals surface area contributed by atoms with Crippen molar-refractivity contribution in [3.05, 3.63) is 29.3 Å². The number of methoxy groups -OCH3 is 1. The smallest absolute Gasteiger partial charge is 0.121 e. The topological polar surface area (TPSA) is 38.5 Å². The van der Waals surface area contributed by atoms with Crippen LogP contribution in [0.3, 0.4) is 0 Å². The van der Waals surface area contributed by atoms with Crippen molar-refractivity contribution < 1.29 is 4.74 Å². The van der Waals surface area contributed by atoms with E-state index in [0.29, 0.717) is 12.5 Å². The van der Waals surface area contributed by atoms with E-state index in [9.17, 15) is 0 Å². The van der Waals surface area contributed by atoms with Gasteiger partial charge < -0.3 is 15.4 Å². The largest absolute Gasteiger partial charge is 0.496 e. The molecule has 3 nitrogen and oxygen atoms in total. The molecule has 0 radical (unpaired) electrons. The molecule has 2 rings (SSSR count). The molecule has 1 aliphatic heterocycles. The summed E-state index contributed by atoms with van der Waals surface area (Å²) in [6.45, 7) is 6.34. The Morgan fingerprint density at radius 1 is 1.33 bits per heavy atom. The number of nitrogens with zero attached hydrogens (tertiary/aromatic N) is 1. The molecule has 0 amide bonds. The minimum atomic E-state index is 0.438. The normalized spacial score (nSPS) is 17.9. The molecule has 1 aliphatic rings. The Morgan fingerprint density at radius 3 is 2.61 bits per heavy atom. The number of aryl methyl sites for hydroxylation is 1. The first-order chi connectivity index (χ1) is 8.74. The van der Waals surface area contributed by atoms with E-state index in [4.69, 9.17) is 10.5 Å². The van der Waals surface area contributed by atoms with Gasteiger partial charge in [0.1, 0.15) is 5.75 Å². The maximum absolute atomic E-state index is 5.95. The summed E-state index contributed by atoms with van der Waals surface area (Å²) >= 11 is 0. The number of hydrogen-bond acceptors (Lipinski definition) is 3. The van der Waals surface area contributed by atoms with E-state index < -0.39 is 0 Å². The van der Waals surface area contributed by atoms with Gasteiger partial charge in [-0.15, -0.1) is 0 Å². The molecule has 1 fully saturated rings. The number of ether oxygens (including phenoxy) is 1. The van der Waals surface area contributed by atoms with Crippen molar-refractivity contribution in [3.8, 4) is 5.75 Å². The highest BCUT2D eigenvalue weighted by Gasteiger charge is 2.18. The fourth-order valence-corrected chi connectivity index (χ4v) is 2.75. The lowest BCUT2D eigenvalue weighted by atomic mass is 9.96. The summed E-state index contributed by atoms with van der Waals surface area (Å²) in [6, 6.07) is 6.42. The van der Waals surface area contributed by atoms with E-state index in [0.717, 1.165) is 12.3 Å². The van der Waals surface area contributed by atoms with Crippen molar-refractivity contribution in [2.45, 2.75) is 25.7 Å². The molecule has 1 aromatic rings. The Morgan fingerprint density at radius 2 is 2.06 bits per heavy atom. The van der Waals surface area contributed by atoms with Crippen LogP contribution in [-0.2, 0) is 0 Å². The molecular formula is C15H24N2O. The summed E-state index contributed by atoms with van der Waals surface area (Å²) in [4.78, 5) is 2.52. The Labute approximate surface area is 110 Å². The number of likely N-dealkylation sites (tertiary alicyclic amines) is 1. The summed E-state index contributed by atoms with van der Waals surface area (Å²) < 4.78 is 5.31. The fourth-order valence-electron chi connectivity index (χ4n) is 2.75. The van der Waals surface area contributed by atoms with Crippen molar-refractivity contribution in [2.75, 3.05) is 33.3 Å². The lowest BCUT2D eigenvalue weighted by molar-refractivity contribution is 0.315. The van der Waals surface area contributed by atoms with Gasteiger partial charge >= 0.3 is 0 Å². The highest BCUT2D eigenvalue weighted by molar-refractivity contribution is 5.37. The summed E-state index contributed by atoms with van der Waals surface area (Å²) in [7, 11) is 1.71. The van der Waals surface area contributed by atoms with Gasteiger partial charge in [-0.2, -0.15) is 0 Å². The number of nitrogens with two attached hydrogens (primary N) is 1. The van der Waals surface area contributed by atoms with Crippen LogP contribution in [0, 0.1) is 6.92 Å². The SMILES string of the molecule is COc1ccc(C(CN)CN2CCCC2)cc1C. The van der Waals surface area contributed by atoms with Crippen LogP contribution in [0.15, 0.2) is 18.2 Å². The Hall–Kier alpha value is -1.06. The van der Waals surface area contributed by atoms with Crippen molar-refractivity contribution in [2.24, 2.45) is 5.73 Å². The maximum Gasteiger partial charge on any atom is 0.121 e. The predicted molar refractivity (Wildman–Crippen MR) is 75.2 cm³/mol. The van der Waals surface area contributed by atoms with Gasteiger partial charge in [0.15, 0.2) is 0 Å². The fraction of sp³-hybridized carbons (Fsp3) is 0.600. The van der Waals surface area contributed by atoms with Crippen LogP contribution in [0.4, 0.5) is 0 Å². The Kier molecular flexibility index (Phi) is 4.61. The van der Waals surface area contributed by atoms with Crippen LogP contribution in [0.2, 0.25) is 0 Å². The lowest BCUT2D eigenvalue weighted by Crippen LogP contribution is -2.29. The quantitative estimate of drug-likeness (QED) is 0.867. The standard InChI is InChI=1S/C15H24N2O/c1-12-9-13(5-6-15(12)18-2)14(10-16)11-17-7-3-4-8-17/h5-6,9,14H,3-4,7-8,10-11,16H2,1-2H3. The van der Waals surface area contributed by atoms with Gasteiger partial charge in [0, 0.05) is 19.0 Å². The second-order valence-electron chi connectivity index (χ2n) is 5.17. The molecule has 1 atom stereocenters. The molecule has 2 N–H and O–H groups in total. The lowest BCUT2D eigenvalue weighted by Gasteiger charge is -2.23. The first-order valence-corrected chi connectivity index (χ1v) is 6.81. The molecule has 0 aromatic heterocycles. The van der Waals surface area contributed by atoms with E-state index in [1.807, 2.05) is 0 Å². The third-order valence-corrected chi connectivity index (χ3v) is 3.85. The molecule has 0 spiro atoms. The first kappa shape index (κ1) is 13.4. The Bertz CT molecular complexity index is 386. The highest BCUT2D eigenvalue weighted by Crippen LogP contribution is 2.24. The monoisotopic (exact) mass is 248 g/mol. The number of hydrogen-bond donors (Lipinski definition) is 1. The molecule has 100 valence electrons. The van der Waals surface area contributed by atoms with Crippen molar-refractivity contribution in [1.82, 2.24) is 4.90 Å². The van der Waals surface area contributed by atoms with Gasteiger partial charge in [-0.3, -0.25) is 0 Å². The third-order valence-electron chi connectivity index (χ3n) is 3.85. The van der Waals surface area contributed by atoms with Gasteiger partial charge in [0.25, 0.3) is 0 Å². The third kappa shape index (κ3) is 3.03. The summed E-state index contributed by atoms with van der Waals surface area (Å²) in [5.41, 5.74) is 8.47. The van der Waals surface area contributed by atoms with Crippen molar-refractivity contribution in [1.29, 1.82) is 0 Å². The molecule has 1 heterocycles. The van der Waals surface area contributed by atoms with Crippen LogP contribution in [0.25, 0.3) is 0 Å². The van der Waals surface area contributed by atoms with Crippen LogP contribution in [-0.4, -0.2) is 38.2 Å². The second-order valence-corrected chi connectivity index (χ2v) is 5.17. The highest BCUT2D eigenvalue weighted by atomic mass is 16.5. The van der Waals surface area contributed by atoms with E-state index >= 15 is 0 Å². The molecule has 18 heavy (non-hydrogen) atoms. The summed E-state index contributed by atoms with van der Waals surface area (Å²) in [5.74, 6) is 1.39. The summed E-state index contributed by atoms with van der Waals surface area (Å²) in [6.07, 6.45) is 2.66. The van der Waals surface area contributed by atoms with Crippen molar-refractivity contribution in [3.63, 3.8) is 0 Å². The minimum absolute atomic E-state index is 0.438. The molecule has 0 saturated carbocycles. The molecule has 0 aliphatic carbocycles.